The zero-order chi connectivity index (χ0) is 18.5. The van der Waals surface area contributed by atoms with Crippen molar-refractivity contribution in [1.29, 1.82) is 0 Å². The molecule has 5 heteroatoms. The van der Waals surface area contributed by atoms with Crippen LogP contribution in [0.2, 0.25) is 0 Å². The summed E-state index contributed by atoms with van der Waals surface area (Å²) in [6, 6.07) is 12.9. The van der Waals surface area contributed by atoms with Gasteiger partial charge in [0.2, 0.25) is 0 Å². The second kappa shape index (κ2) is 8.04. The third-order valence-corrected chi connectivity index (χ3v) is 4.53. The first-order valence-corrected chi connectivity index (χ1v) is 8.90. The van der Waals surface area contributed by atoms with Gasteiger partial charge in [-0.3, -0.25) is 9.59 Å². The molecule has 1 N–H and O–H groups in total. The van der Waals surface area contributed by atoms with E-state index < -0.39 is 0 Å². The average molecular weight is 352 g/mol. The lowest BCUT2D eigenvalue weighted by molar-refractivity contribution is -0.118. The van der Waals surface area contributed by atoms with Gasteiger partial charge in [-0.15, -0.1) is 0 Å². The van der Waals surface area contributed by atoms with Crippen molar-refractivity contribution in [2.45, 2.75) is 25.7 Å². The van der Waals surface area contributed by atoms with Gasteiger partial charge >= 0.3 is 0 Å². The summed E-state index contributed by atoms with van der Waals surface area (Å²) in [5, 5.41) is 2.80. The Hall–Kier alpha value is -2.82. The van der Waals surface area contributed by atoms with Gasteiger partial charge in [0.05, 0.1) is 0 Å². The van der Waals surface area contributed by atoms with Crippen molar-refractivity contribution >= 4 is 17.5 Å². The number of anilines is 1. The quantitative estimate of drug-likeness (QED) is 0.898. The Morgan fingerprint density at radius 1 is 1.04 bits per heavy atom. The Labute approximate surface area is 154 Å². The average Bonchev–Trinajstić information content (AvgIpc) is 2.66. The lowest BCUT2D eigenvalue weighted by Crippen LogP contribution is -2.22. The van der Waals surface area contributed by atoms with Crippen LogP contribution in [0.3, 0.4) is 0 Å². The van der Waals surface area contributed by atoms with Gasteiger partial charge in [-0.1, -0.05) is 12.1 Å². The number of carbonyl (C=O) groups is 2. The first-order chi connectivity index (χ1) is 12.5. The van der Waals surface area contributed by atoms with Crippen LogP contribution in [0.25, 0.3) is 0 Å². The van der Waals surface area contributed by atoms with Crippen LogP contribution < -0.4 is 10.1 Å². The molecule has 2 aromatic rings. The van der Waals surface area contributed by atoms with E-state index in [4.69, 9.17) is 4.74 Å². The largest absolute Gasteiger partial charge is 0.483 e. The number of aryl methyl sites for hydroxylation is 1. The fourth-order valence-electron chi connectivity index (χ4n) is 3.18. The Balaban J connectivity index is 1.57. The Morgan fingerprint density at radius 3 is 2.50 bits per heavy atom. The van der Waals surface area contributed by atoms with E-state index in [2.05, 4.69) is 11.4 Å². The standard InChI is InChI=1S/C21H24N2O3/c1-23(2)21(25)16-10-12-17(13-11-16)22-20(24)14-26-19-9-5-7-15-6-3-4-8-18(15)19/h5,7,9-13H,3-4,6,8,14H2,1-2H3,(H,22,24). The Morgan fingerprint density at radius 2 is 1.77 bits per heavy atom. The second-order valence-electron chi connectivity index (χ2n) is 6.71. The highest BCUT2D eigenvalue weighted by Gasteiger charge is 2.15. The van der Waals surface area contributed by atoms with Gasteiger partial charge in [0.1, 0.15) is 5.75 Å². The fraction of sp³-hybridized carbons (Fsp3) is 0.333. The van der Waals surface area contributed by atoms with Crippen molar-refractivity contribution in [2.24, 2.45) is 0 Å². The van der Waals surface area contributed by atoms with Crippen LogP contribution in [0, 0.1) is 0 Å². The molecule has 0 atom stereocenters. The summed E-state index contributed by atoms with van der Waals surface area (Å²) < 4.78 is 5.76. The van der Waals surface area contributed by atoms with Crippen molar-refractivity contribution in [3.8, 4) is 5.75 Å². The number of hydrogen-bond donors (Lipinski definition) is 1. The number of hydrogen-bond acceptors (Lipinski definition) is 3. The van der Waals surface area contributed by atoms with Crippen LogP contribution in [0.4, 0.5) is 5.69 Å². The molecule has 2 amide bonds. The SMILES string of the molecule is CN(C)C(=O)c1ccc(NC(=O)COc2cccc3c2CCCC3)cc1. The maximum Gasteiger partial charge on any atom is 0.262 e. The lowest BCUT2D eigenvalue weighted by atomic mass is 9.91. The number of ether oxygens (including phenoxy) is 1. The minimum absolute atomic E-state index is 0.0329. The summed E-state index contributed by atoms with van der Waals surface area (Å²) in [5.74, 6) is 0.523. The van der Waals surface area contributed by atoms with Gasteiger partial charge in [0, 0.05) is 25.3 Å². The third kappa shape index (κ3) is 4.23. The first kappa shape index (κ1) is 18.0. The second-order valence-corrected chi connectivity index (χ2v) is 6.71. The van der Waals surface area contributed by atoms with Gasteiger partial charge in [-0.2, -0.15) is 0 Å². The monoisotopic (exact) mass is 352 g/mol. The van der Waals surface area contributed by atoms with Crippen molar-refractivity contribution in [1.82, 2.24) is 4.90 Å². The van der Waals surface area contributed by atoms with Gasteiger partial charge in [0.15, 0.2) is 6.61 Å². The number of rotatable bonds is 5. The molecule has 0 aliphatic heterocycles. The summed E-state index contributed by atoms with van der Waals surface area (Å²) in [6.07, 6.45) is 4.46. The van der Waals surface area contributed by atoms with E-state index in [-0.39, 0.29) is 18.4 Å². The van der Waals surface area contributed by atoms with E-state index in [0.29, 0.717) is 11.3 Å². The van der Waals surface area contributed by atoms with Crippen molar-refractivity contribution in [3.05, 3.63) is 59.2 Å². The number of benzene rings is 2. The van der Waals surface area contributed by atoms with Gasteiger partial charge in [-0.05, 0) is 67.1 Å². The number of nitrogens with zero attached hydrogens (tertiary/aromatic N) is 1. The zero-order valence-electron chi connectivity index (χ0n) is 15.2. The number of amides is 2. The van der Waals surface area contributed by atoms with E-state index in [9.17, 15) is 9.59 Å². The Bertz CT molecular complexity index is 797. The Kier molecular flexibility index (Phi) is 5.56. The highest BCUT2D eigenvalue weighted by atomic mass is 16.5. The summed E-state index contributed by atoms with van der Waals surface area (Å²) in [6.45, 7) is -0.0329. The normalized spacial score (nSPS) is 12.8. The molecular formula is C21H24N2O3. The highest BCUT2D eigenvalue weighted by molar-refractivity contribution is 5.95. The molecule has 0 fully saturated rings. The maximum atomic E-state index is 12.2. The third-order valence-electron chi connectivity index (χ3n) is 4.53. The van der Waals surface area contributed by atoms with E-state index in [1.807, 2.05) is 12.1 Å². The summed E-state index contributed by atoms with van der Waals surface area (Å²) in [7, 11) is 3.41. The zero-order valence-corrected chi connectivity index (χ0v) is 15.2. The van der Waals surface area contributed by atoms with Crippen LogP contribution in [0.5, 0.6) is 5.75 Å². The summed E-state index contributed by atoms with van der Waals surface area (Å²) in [4.78, 5) is 25.6. The summed E-state index contributed by atoms with van der Waals surface area (Å²) >= 11 is 0. The molecule has 0 heterocycles. The lowest BCUT2D eigenvalue weighted by Gasteiger charge is -2.19. The molecular weight excluding hydrogens is 328 g/mol. The molecule has 0 radical (unpaired) electrons. The maximum absolute atomic E-state index is 12.2. The molecule has 0 aromatic heterocycles. The van der Waals surface area contributed by atoms with E-state index >= 15 is 0 Å². The number of fused-ring (bicyclic) bond motifs is 1. The number of carbonyl (C=O) groups excluding carboxylic acids is 2. The number of nitrogens with one attached hydrogen (secondary N) is 1. The summed E-state index contributed by atoms with van der Waals surface area (Å²) in [5.41, 5.74) is 3.79. The molecule has 0 saturated heterocycles. The fourth-order valence-corrected chi connectivity index (χ4v) is 3.18. The van der Waals surface area contributed by atoms with E-state index in [1.54, 1.807) is 38.4 Å². The molecule has 26 heavy (non-hydrogen) atoms. The van der Waals surface area contributed by atoms with Crippen LogP contribution in [-0.2, 0) is 17.6 Å². The van der Waals surface area contributed by atoms with Crippen LogP contribution in [0.1, 0.15) is 34.3 Å². The molecule has 0 saturated carbocycles. The molecule has 0 spiro atoms. The van der Waals surface area contributed by atoms with Gasteiger partial charge in [0.25, 0.3) is 11.8 Å². The van der Waals surface area contributed by atoms with Crippen LogP contribution in [0.15, 0.2) is 42.5 Å². The topological polar surface area (TPSA) is 58.6 Å². The predicted molar refractivity (Wildman–Crippen MR) is 102 cm³/mol. The van der Waals surface area contributed by atoms with Gasteiger partial charge in [-0.25, -0.2) is 0 Å². The molecule has 0 unspecified atom stereocenters. The first-order valence-electron chi connectivity index (χ1n) is 8.90. The van der Waals surface area contributed by atoms with Crippen molar-refractivity contribution in [3.63, 3.8) is 0 Å². The van der Waals surface area contributed by atoms with E-state index in [1.165, 1.54) is 22.4 Å². The van der Waals surface area contributed by atoms with Crippen LogP contribution >= 0.6 is 0 Å². The van der Waals surface area contributed by atoms with Crippen molar-refractivity contribution < 1.29 is 14.3 Å². The predicted octanol–water partition coefficient (Wildman–Crippen LogP) is 3.28. The molecule has 3 rings (SSSR count). The molecule has 136 valence electrons. The van der Waals surface area contributed by atoms with Gasteiger partial charge < -0.3 is 15.0 Å². The molecule has 1 aliphatic rings. The molecule has 0 bridgehead atoms. The molecule has 2 aromatic carbocycles. The minimum atomic E-state index is -0.218. The highest BCUT2D eigenvalue weighted by Crippen LogP contribution is 2.29. The minimum Gasteiger partial charge on any atom is -0.483 e. The molecule has 5 nitrogen and oxygen atoms in total. The van der Waals surface area contributed by atoms with Crippen molar-refractivity contribution in [2.75, 3.05) is 26.0 Å². The molecule has 1 aliphatic carbocycles. The smallest absolute Gasteiger partial charge is 0.262 e. The van der Waals surface area contributed by atoms with Crippen LogP contribution in [-0.4, -0.2) is 37.4 Å². The van der Waals surface area contributed by atoms with E-state index in [0.717, 1.165) is 25.0 Å².